The van der Waals surface area contributed by atoms with Gasteiger partial charge in [0.25, 0.3) is 0 Å². The number of hydrogen-bond acceptors (Lipinski definition) is 4. The molecule has 0 unspecified atom stereocenters. The summed E-state index contributed by atoms with van der Waals surface area (Å²) in [5.74, 6) is 1.34. The Hall–Kier alpha value is -2.45. The summed E-state index contributed by atoms with van der Waals surface area (Å²) in [4.78, 5) is 2.03. The number of benzene rings is 2. The maximum absolute atomic E-state index is 13.2. The Bertz CT molecular complexity index is 996. The highest BCUT2D eigenvalue weighted by molar-refractivity contribution is 9.10. The van der Waals surface area contributed by atoms with Gasteiger partial charge in [0.1, 0.15) is 11.5 Å². The molecule has 1 aliphatic rings. The first kappa shape index (κ1) is 20.8. The van der Waals surface area contributed by atoms with E-state index < -0.39 is 11.7 Å². The van der Waals surface area contributed by atoms with Gasteiger partial charge in [-0.3, -0.25) is 0 Å². The summed E-state index contributed by atoms with van der Waals surface area (Å²) in [7, 11) is 0. The van der Waals surface area contributed by atoms with E-state index in [1.807, 2.05) is 41.3 Å². The van der Waals surface area contributed by atoms with Crippen molar-refractivity contribution in [3.8, 4) is 11.3 Å². The Kier molecular flexibility index (Phi) is 6.06. The Labute approximate surface area is 180 Å². The fourth-order valence-corrected chi connectivity index (χ4v) is 3.62. The Morgan fingerprint density at radius 1 is 0.967 bits per heavy atom. The summed E-state index contributed by atoms with van der Waals surface area (Å²) in [5.41, 5.74) is 1.40. The van der Waals surface area contributed by atoms with E-state index in [9.17, 15) is 13.2 Å². The number of furan rings is 1. The lowest BCUT2D eigenvalue weighted by Crippen LogP contribution is -2.36. The molecule has 1 N–H and O–H groups in total. The van der Waals surface area contributed by atoms with Crippen LogP contribution in [0.25, 0.3) is 11.3 Å². The summed E-state index contributed by atoms with van der Waals surface area (Å²) >= 11 is 3.40. The molecule has 1 saturated heterocycles. The predicted octanol–water partition coefficient (Wildman–Crippen LogP) is 6.18. The average Bonchev–Trinajstić information content (AvgIpc) is 3.21. The fraction of sp³-hybridized carbons (Fsp3) is 0.273. The zero-order valence-electron chi connectivity index (χ0n) is 16.0. The number of ether oxygens (including phenoxy) is 1. The Morgan fingerprint density at radius 2 is 1.70 bits per heavy atom. The van der Waals surface area contributed by atoms with Gasteiger partial charge in [-0.1, -0.05) is 28.1 Å². The average molecular weight is 481 g/mol. The van der Waals surface area contributed by atoms with Gasteiger partial charge >= 0.3 is 6.18 Å². The maximum atomic E-state index is 13.2. The van der Waals surface area contributed by atoms with Gasteiger partial charge in [0.2, 0.25) is 0 Å². The van der Waals surface area contributed by atoms with Crippen LogP contribution < -0.4 is 10.2 Å². The van der Waals surface area contributed by atoms with Crippen LogP contribution in [0.5, 0.6) is 0 Å². The highest BCUT2D eigenvalue weighted by atomic mass is 79.9. The molecular weight excluding hydrogens is 461 g/mol. The van der Waals surface area contributed by atoms with Crippen molar-refractivity contribution in [2.45, 2.75) is 12.7 Å². The molecule has 4 rings (SSSR count). The minimum Gasteiger partial charge on any atom is -0.459 e. The predicted molar refractivity (Wildman–Crippen MR) is 114 cm³/mol. The molecule has 0 bridgehead atoms. The molecule has 2 aromatic carbocycles. The lowest BCUT2D eigenvalue weighted by Gasteiger charge is -2.31. The van der Waals surface area contributed by atoms with Gasteiger partial charge in [-0.05, 0) is 42.5 Å². The molecule has 4 nitrogen and oxygen atoms in total. The number of hydrogen-bond donors (Lipinski definition) is 1. The highest BCUT2D eigenvalue weighted by Crippen LogP contribution is 2.36. The van der Waals surface area contributed by atoms with E-state index in [0.717, 1.165) is 27.9 Å². The minimum atomic E-state index is -4.40. The van der Waals surface area contributed by atoms with Gasteiger partial charge in [0.05, 0.1) is 36.7 Å². The Balaban J connectivity index is 1.55. The molecule has 0 aliphatic carbocycles. The van der Waals surface area contributed by atoms with Crippen LogP contribution in [0.15, 0.2) is 63.5 Å². The van der Waals surface area contributed by atoms with Gasteiger partial charge in [-0.2, -0.15) is 13.2 Å². The molecular formula is C22H20BrF3N2O2. The minimum absolute atomic E-state index is 0.273. The number of anilines is 2. The van der Waals surface area contributed by atoms with Crippen LogP contribution in [0.1, 0.15) is 11.3 Å². The van der Waals surface area contributed by atoms with Gasteiger partial charge < -0.3 is 19.4 Å². The van der Waals surface area contributed by atoms with E-state index >= 15 is 0 Å². The van der Waals surface area contributed by atoms with Crippen molar-refractivity contribution in [2.24, 2.45) is 0 Å². The molecule has 30 heavy (non-hydrogen) atoms. The van der Waals surface area contributed by atoms with E-state index in [4.69, 9.17) is 9.15 Å². The number of alkyl halides is 3. The number of rotatable bonds is 5. The molecule has 0 atom stereocenters. The largest absolute Gasteiger partial charge is 0.459 e. The second-order valence-corrected chi connectivity index (χ2v) is 7.87. The van der Waals surface area contributed by atoms with Crippen LogP contribution in [-0.4, -0.2) is 26.3 Å². The van der Waals surface area contributed by atoms with Gasteiger partial charge in [-0.25, -0.2) is 0 Å². The zero-order valence-corrected chi connectivity index (χ0v) is 17.6. The standard InChI is InChI=1S/C22H20BrF3N2O2/c23-17-4-1-15(2-5-17)21-8-6-18(30-21)14-27-19-13-16(22(24,25)26)3-7-20(19)28-9-11-29-12-10-28/h1-8,13,27H,9-12,14H2. The smallest absolute Gasteiger partial charge is 0.416 e. The molecule has 158 valence electrons. The van der Waals surface area contributed by atoms with Crippen molar-refractivity contribution in [1.82, 2.24) is 0 Å². The van der Waals surface area contributed by atoms with Gasteiger partial charge in [0, 0.05) is 23.1 Å². The number of morpholine rings is 1. The van der Waals surface area contributed by atoms with Crippen molar-refractivity contribution in [1.29, 1.82) is 0 Å². The number of nitrogens with one attached hydrogen (secondary N) is 1. The quantitative estimate of drug-likeness (QED) is 0.473. The number of halogens is 4. The van der Waals surface area contributed by atoms with Gasteiger partial charge in [-0.15, -0.1) is 0 Å². The normalized spacial score (nSPS) is 14.7. The molecule has 0 amide bonds. The third-order valence-corrected chi connectivity index (χ3v) is 5.45. The van der Waals surface area contributed by atoms with Crippen LogP contribution in [0.2, 0.25) is 0 Å². The number of nitrogens with zero attached hydrogens (tertiary/aromatic N) is 1. The van der Waals surface area contributed by atoms with E-state index in [1.54, 1.807) is 0 Å². The summed E-state index contributed by atoms with van der Waals surface area (Å²) in [5, 5.41) is 3.13. The Morgan fingerprint density at radius 3 is 2.40 bits per heavy atom. The monoisotopic (exact) mass is 480 g/mol. The molecule has 0 saturated carbocycles. The second kappa shape index (κ2) is 8.73. The van der Waals surface area contributed by atoms with Crippen LogP contribution in [-0.2, 0) is 17.5 Å². The maximum Gasteiger partial charge on any atom is 0.416 e. The summed E-state index contributed by atoms with van der Waals surface area (Å²) in [6, 6.07) is 15.2. The van der Waals surface area contributed by atoms with Crippen LogP contribution in [0, 0.1) is 0 Å². The van der Waals surface area contributed by atoms with E-state index in [2.05, 4.69) is 21.2 Å². The lowest BCUT2D eigenvalue weighted by molar-refractivity contribution is -0.137. The van der Waals surface area contributed by atoms with Crippen LogP contribution >= 0.6 is 15.9 Å². The SMILES string of the molecule is FC(F)(F)c1ccc(N2CCOCC2)c(NCc2ccc(-c3ccc(Br)cc3)o2)c1. The third-order valence-electron chi connectivity index (χ3n) is 4.92. The molecule has 1 aromatic heterocycles. The van der Waals surface area contributed by atoms with Gasteiger partial charge in [0.15, 0.2) is 0 Å². The molecule has 1 aliphatic heterocycles. The third kappa shape index (κ3) is 4.82. The molecule has 0 spiro atoms. The molecule has 1 fully saturated rings. The zero-order chi connectivity index (χ0) is 21.1. The first-order chi connectivity index (χ1) is 14.4. The summed E-state index contributed by atoms with van der Waals surface area (Å²) < 4.78 is 51.9. The van der Waals surface area contributed by atoms with E-state index in [0.29, 0.717) is 43.5 Å². The van der Waals surface area contributed by atoms with Crippen molar-refractivity contribution in [3.63, 3.8) is 0 Å². The fourth-order valence-electron chi connectivity index (χ4n) is 3.36. The van der Waals surface area contributed by atoms with Crippen molar-refractivity contribution in [2.75, 3.05) is 36.5 Å². The first-order valence-electron chi connectivity index (χ1n) is 9.52. The highest BCUT2D eigenvalue weighted by Gasteiger charge is 2.31. The van der Waals surface area contributed by atoms with Crippen LogP contribution in [0.3, 0.4) is 0 Å². The summed E-state index contributed by atoms with van der Waals surface area (Å²) in [6.07, 6.45) is -4.40. The topological polar surface area (TPSA) is 37.6 Å². The second-order valence-electron chi connectivity index (χ2n) is 6.96. The molecule has 3 aromatic rings. The first-order valence-corrected chi connectivity index (χ1v) is 10.3. The van der Waals surface area contributed by atoms with E-state index in [1.165, 1.54) is 6.07 Å². The molecule has 0 radical (unpaired) electrons. The van der Waals surface area contributed by atoms with Crippen molar-refractivity contribution < 1.29 is 22.3 Å². The molecule has 2 heterocycles. The lowest BCUT2D eigenvalue weighted by atomic mass is 10.1. The van der Waals surface area contributed by atoms with E-state index in [-0.39, 0.29) is 6.54 Å². The van der Waals surface area contributed by atoms with Crippen LogP contribution in [0.4, 0.5) is 24.5 Å². The van der Waals surface area contributed by atoms with Crippen molar-refractivity contribution in [3.05, 3.63) is 70.4 Å². The molecule has 8 heteroatoms. The summed E-state index contributed by atoms with van der Waals surface area (Å²) in [6.45, 7) is 2.64. The van der Waals surface area contributed by atoms with Crippen molar-refractivity contribution >= 4 is 27.3 Å².